The Labute approximate surface area is 144 Å². The lowest BCUT2D eigenvalue weighted by Gasteiger charge is -2.34. The van der Waals surface area contributed by atoms with Gasteiger partial charge in [-0.15, -0.1) is 0 Å². The molecule has 1 fully saturated rings. The fraction of sp³-hybridized carbons (Fsp3) is 0.381. The number of benzene rings is 2. The Morgan fingerprint density at radius 1 is 0.958 bits per heavy atom. The number of piperidine rings is 1. The molecule has 124 valence electrons. The molecule has 0 unspecified atom stereocenters. The first-order valence-corrected chi connectivity index (χ1v) is 8.75. The third-order valence-corrected chi connectivity index (χ3v) is 5.16. The van der Waals surface area contributed by atoms with Crippen molar-refractivity contribution in [1.29, 1.82) is 5.26 Å². The van der Waals surface area contributed by atoms with E-state index in [0.29, 0.717) is 6.04 Å². The maximum Gasteiger partial charge on any atom is 0.108 e. The van der Waals surface area contributed by atoms with E-state index in [2.05, 4.69) is 35.2 Å². The van der Waals surface area contributed by atoms with Crippen LogP contribution in [-0.2, 0) is 5.41 Å². The van der Waals surface area contributed by atoms with E-state index < -0.39 is 5.41 Å². The number of nitrogens with two attached hydrogens (primary N) is 1. The minimum absolute atomic E-state index is 0.338. The molecule has 0 amide bonds. The van der Waals surface area contributed by atoms with Crippen molar-refractivity contribution < 1.29 is 0 Å². The van der Waals surface area contributed by atoms with Crippen LogP contribution in [0.3, 0.4) is 0 Å². The third kappa shape index (κ3) is 3.51. The fourth-order valence-corrected chi connectivity index (χ4v) is 3.59. The summed E-state index contributed by atoms with van der Waals surface area (Å²) in [4.78, 5) is 2.45. The summed E-state index contributed by atoms with van der Waals surface area (Å²) in [6.45, 7) is 2.99. The highest BCUT2D eigenvalue weighted by Gasteiger charge is 2.34. The molecule has 0 bridgehead atoms. The van der Waals surface area contributed by atoms with Crippen molar-refractivity contribution in [1.82, 2.24) is 4.90 Å². The van der Waals surface area contributed by atoms with E-state index in [1.807, 2.05) is 36.4 Å². The molecular formula is C21H25N3. The number of hydrogen-bond acceptors (Lipinski definition) is 3. The highest BCUT2D eigenvalue weighted by atomic mass is 15.1. The second-order valence-corrected chi connectivity index (χ2v) is 6.68. The Hall–Kier alpha value is -2.15. The van der Waals surface area contributed by atoms with Gasteiger partial charge in [0.1, 0.15) is 5.41 Å². The van der Waals surface area contributed by atoms with Gasteiger partial charge in [0, 0.05) is 12.6 Å². The van der Waals surface area contributed by atoms with Gasteiger partial charge in [-0.25, -0.2) is 0 Å². The van der Waals surface area contributed by atoms with Gasteiger partial charge < -0.3 is 10.6 Å². The monoisotopic (exact) mass is 319 g/mol. The Morgan fingerprint density at radius 3 is 1.92 bits per heavy atom. The minimum Gasteiger partial charge on any atom is -0.328 e. The number of rotatable bonds is 5. The van der Waals surface area contributed by atoms with Gasteiger partial charge in [0.25, 0.3) is 0 Å². The van der Waals surface area contributed by atoms with E-state index in [1.165, 1.54) is 0 Å². The number of nitrogens with zero attached hydrogens (tertiary/aromatic N) is 2. The first-order chi connectivity index (χ1) is 11.7. The molecule has 2 N–H and O–H groups in total. The van der Waals surface area contributed by atoms with Crippen molar-refractivity contribution in [3.63, 3.8) is 0 Å². The molecule has 3 heteroatoms. The Kier molecular flexibility index (Phi) is 5.30. The summed E-state index contributed by atoms with van der Waals surface area (Å²) in [7, 11) is 0. The molecule has 0 radical (unpaired) electrons. The smallest absolute Gasteiger partial charge is 0.108 e. The molecule has 0 spiro atoms. The summed E-state index contributed by atoms with van der Waals surface area (Å²) in [6.07, 6.45) is 2.90. The van der Waals surface area contributed by atoms with Gasteiger partial charge in [-0.3, -0.25) is 0 Å². The van der Waals surface area contributed by atoms with Gasteiger partial charge in [-0.05, 0) is 43.5 Å². The average molecular weight is 319 g/mol. The van der Waals surface area contributed by atoms with Gasteiger partial charge >= 0.3 is 0 Å². The number of likely N-dealkylation sites (tertiary alicyclic amines) is 1. The van der Waals surface area contributed by atoms with E-state index in [9.17, 15) is 5.26 Å². The third-order valence-electron chi connectivity index (χ3n) is 5.16. The van der Waals surface area contributed by atoms with Crippen LogP contribution in [0.5, 0.6) is 0 Å². The molecule has 2 aromatic carbocycles. The van der Waals surface area contributed by atoms with Crippen LogP contribution in [-0.4, -0.2) is 30.6 Å². The molecule has 24 heavy (non-hydrogen) atoms. The van der Waals surface area contributed by atoms with Crippen LogP contribution in [0.1, 0.15) is 30.4 Å². The molecule has 3 nitrogen and oxygen atoms in total. The van der Waals surface area contributed by atoms with Crippen molar-refractivity contribution in [2.75, 3.05) is 19.6 Å². The highest BCUT2D eigenvalue weighted by molar-refractivity contribution is 5.45. The van der Waals surface area contributed by atoms with Crippen molar-refractivity contribution in [3.05, 3.63) is 71.8 Å². The van der Waals surface area contributed by atoms with Gasteiger partial charge in [0.05, 0.1) is 6.07 Å². The second-order valence-electron chi connectivity index (χ2n) is 6.68. The van der Waals surface area contributed by atoms with E-state index >= 15 is 0 Å². The minimum atomic E-state index is -0.595. The van der Waals surface area contributed by atoms with Crippen LogP contribution < -0.4 is 5.73 Å². The van der Waals surface area contributed by atoms with Crippen molar-refractivity contribution in [3.8, 4) is 6.07 Å². The first-order valence-electron chi connectivity index (χ1n) is 8.75. The number of nitriles is 1. The van der Waals surface area contributed by atoms with Gasteiger partial charge in [0.2, 0.25) is 0 Å². The SMILES string of the molecule is N#CC(CCN1CCC(N)CC1)(c1ccccc1)c1ccccc1. The van der Waals surface area contributed by atoms with E-state index in [4.69, 9.17) is 5.73 Å². The van der Waals surface area contributed by atoms with Crippen LogP contribution in [0.4, 0.5) is 0 Å². The van der Waals surface area contributed by atoms with Gasteiger partial charge in [-0.1, -0.05) is 60.7 Å². The normalized spacial score (nSPS) is 16.7. The molecular weight excluding hydrogens is 294 g/mol. The Bertz CT molecular complexity index is 628. The van der Waals surface area contributed by atoms with Crippen LogP contribution in [0.2, 0.25) is 0 Å². The standard InChI is InChI=1S/C21H25N3/c22-17-21(18-7-3-1-4-8-18,19-9-5-2-6-10-19)13-16-24-14-11-20(23)12-15-24/h1-10,20H,11-16,23H2. The lowest BCUT2D eigenvalue weighted by Crippen LogP contribution is -2.42. The summed E-state index contributed by atoms with van der Waals surface area (Å²) in [5.41, 5.74) is 7.57. The summed E-state index contributed by atoms with van der Waals surface area (Å²) in [5.74, 6) is 0. The summed E-state index contributed by atoms with van der Waals surface area (Å²) >= 11 is 0. The van der Waals surface area contributed by atoms with E-state index in [0.717, 1.165) is 50.0 Å². The van der Waals surface area contributed by atoms with Crippen molar-refractivity contribution in [2.45, 2.75) is 30.7 Å². The molecule has 1 aliphatic heterocycles. The fourth-order valence-electron chi connectivity index (χ4n) is 3.59. The lowest BCUT2D eigenvalue weighted by atomic mass is 9.73. The van der Waals surface area contributed by atoms with Crippen LogP contribution in [0, 0.1) is 11.3 Å². The summed E-state index contributed by atoms with van der Waals surface area (Å²) in [5, 5.41) is 10.2. The van der Waals surface area contributed by atoms with E-state index in [1.54, 1.807) is 0 Å². The molecule has 0 aliphatic carbocycles. The quantitative estimate of drug-likeness (QED) is 0.920. The Balaban J connectivity index is 1.87. The summed E-state index contributed by atoms with van der Waals surface area (Å²) < 4.78 is 0. The molecule has 3 rings (SSSR count). The summed E-state index contributed by atoms with van der Waals surface area (Å²) in [6, 6.07) is 23.3. The zero-order chi connectivity index (χ0) is 16.8. The first kappa shape index (κ1) is 16.7. The van der Waals surface area contributed by atoms with E-state index in [-0.39, 0.29) is 0 Å². The lowest BCUT2D eigenvalue weighted by molar-refractivity contribution is 0.204. The highest BCUT2D eigenvalue weighted by Crippen LogP contribution is 2.35. The Morgan fingerprint density at radius 2 is 1.46 bits per heavy atom. The molecule has 1 saturated heterocycles. The van der Waals surface area contributed by atoms with Crippen LogP contribution in [0.15, 0.2) is 60.7 Å². The maximum atomic E-state index is 10.2. The van der Waals surface area contributed by atoms with Gasteiger partial charge in [0.15, 0.2) is 0 Å². The zero-order valence-electron chi connectivity index (χ0n) is 14.1. The topological polar surface area (TPSA) is 53.0 Å². The molecule has 0 aromatic heterocycles. The molecule has 1 aliphatic rings. The second kappa shape index (κ2) is 7.61. The molecule has 0 atom stereocenters. The predicted octanol–water partition coefficient (Wildman–Crippen LogP) is 3.31. The average Bonchev–Trinajstić information content (AvgIpc) is 2.66. The largest absolute Gasteiger partial charge is 0.328 e. The van der Waals surface area contributed by atoms with Crippen LogP contribution >= 0.6 is 0 Å². The maximum absolute atomic E-state index is 10.2. The molecule has 0 saturated carbocycles. The van der Waals surface area contributed by atoms with Crippen molar-refractivity contribution in [2.24, 2.45) is 5.73 Å². The molecule has 2 aromatic rings. The number of hydrogen-bond donors (Lipinski definition) is 1. The zero-order valence-corrected chi connectivity index (χ0v) is 14.1. The van der Waals surface area contributed by atoms with Crippen LogP contribution in [0.25, 0.3) is 0 Å². The van der Waals surface area contributed by atoms with Crippen molar-refractivity contribution >= 4 is 0 Å². The predicted molar refractivity (Wildman–Crippen MR) is 97.5 cm³/mol. The van der Waals surface area contributed by atoms with Gasteiger partial charge in [-0.2, -0.15) is 5.26 Å². The molecule has 1 heterocycles.